The summed E-state index contributed by atoms with van der Waals surface area (Å²) in [7, 11) is 2.74. The lowest BCUT2D eigenvalue weighted by Gasteiger charge is -2.24. The second-order valence-corrected chi connectivity index (χ2v) is 6.97. The van der Waals surface area contributed by atoms with E-state index in [2.05, 4.69) is 5.32 Å². The van der Waals surface area contributed by atoms with Crippen LogP contribution in [-0.2, 0) is 30.3 Å². The Balaban J connectivity index is 1.97. The van der Waals surface area contributed by atoms with Crippen LogP contribution in [0.25, 0.3) is 0 Å². The molecule has 32 heavy (non-hydrogen) atoms. The number of carbonyl (C=O) groups excluding carboxylic acids is 3. The maximum Gasteiger partial charge on any atom is 0.338 e. The first-order valence-electron chi connectivity index (χ1n) is 10.3. The molecule has 1 atom stereocenters. The van der Waals surface area contributed by atoms with Crippen LogP contribution in [0.2, 0.25) is 0 Å². The molecule has 0 aromatic heterocycles. The smallest absolute Gasteiger partial charge is 0.338 e. The summed E-state index contributed by atoms with van der Waals surface area (Å²) >= 11 is 0. The maximum absolute atomic E-state index is 13.4. The molecule has 1 amide bonds. The van der Waals surface area contributed by atoms with Gasteiger partial charge in [0.1, 0.15) is 17.0 Å². The fourth-order valence-corrected chi connectivity index (χ4v) is 3.54. The molecule has 1 unspecified atom stereocenters. The number of methoxy groups -OCH3 is 2. The van der Waals surface area contributed by atoms with Crippen molar-refractivity contribution in [3.8, 4) is 5.75 Å². The van der Waals surface area contributed by atoms with Gasteiger partial charge in [0, 0.05) is 12.2 Å². The summed E-state index contributed by atoms with van der Waals surface area (Å²) < 4.78 is 15.3. The Morgan fingerprint density at radius 2 is 1.72 bits per heavy atom. The molecule has 2 aromatic rings. The van der Waals surface area contributed by atoms with Crippen molar-refractivity contribution in [3.05, 3.63) is 71.4 Å². The van der Waals surface area contributed by atoms with E-state index in [4.69, 9.17) is 14.2 Å². The largest absolute Gasteiger partial charge is 0.497 e. The maximum atomic E-state index is 13.4. The van der Waals surface area contributed by atoms with Crippen molar-refractivity contribution < 1.29 is 28.6 Å². The van der Waals surface area contributed by atoms with E-state index in [9.17, 15) is 14.4 Å². The molecule has 0 saturated carbocycles. The van der Waals surface area contributed by atoms with Gasteiger partial charge in [-0.15, -0.1) is 0 Å². The Kier molecular flexibility index (Phi) is 7.49. The molecule has 0 fully saturated rings. The normalized spacial score (nSPS) is 15.5. The van der Waals surface area contributed by atoms with Crippen LogP contribution in [0.1, 0.15) is 12.5 Å². The average Bonchev–Trinajstić information content (AvgIpc) is 3.11. The summed E-state index contributed by atoms with van der Waals surface area (Å²) in [5, 5.41) is 3.05. The van der Waals surface area contributed by atoms with Crippen LogP contribution in [0.3, 0.4) is 0 Å². The SMILES string of the molecule is CCOC(=O)C1C(C(=O)OC)=C(NCCc2ccccc2)C(=O)N1c1ccc(OC)cc1. The zero-order valence-electron chi connectivity index (χ0n) is 18.3. The van der Waals surface area contributed by atoms with Crippen molar-refractivity contribution in [2.45, 2.75) is 19.4 Å². The Morgan fingerprint density at radius 3 is 2.31 bits per heavy atom. The topological polar surface area (TPSA) is 94.2 Å². The first-order valence-corrected chi connectivity index (χ1v) is 10.3. The molecular weight excluding hydrogens is 412 g/mol. The minimum Gasteiger partial charge on any atom is -0.497 e. The van der Waals surface area contributed by atoms with Crippen molar-refractivity contribution in [1.82, 2.24) is 5.32 Å². The lowest BCUT2D eigenvalue weighted by Crippen LogP contribution is -2.43. The lowest BCUT2D eigenvalue weighted by atomic mass is 10.1. The van der Waals surface area contributed by atoms with E-state index < -0.39 is 23.9 Å². The first-order chi connectivity index (χ1) is 15.5. The molecule has 1 heterocycles. The number of carbonyl (C=O) groups is 3. The minimum absolute atomic E-state index is 0.0293. The van der Waals surface area contributed by atoms with Crippen molar-refractivity contribution in [2.24, 2.45) is 0 Å². The van der Waals surface area contributed by atoms with Crippen molar-refractivity contribution in [1.29, 1.82) is 0 Å². The van der Waals surface area contributed by atoms with Gasteiger partial charge in [-0.25, -0.2) is 9.59 Å². The second kappa shape index (κ2) is 10.5. The number of rotatable bonds is 9. The van der Waals surface area contributed by atoms with E-state index in [1.54, 1.807) is 31.2 Å². The number of benzene rings is 2. The number of hydrogen-bond donors (Lipinski definition) is 1. The summed E-state index contributed by atoms with van der Waals surface area (Å²) in [5.41, 5.74) is 1.45. The van der Waals surface area contributed by atoms with Gasteiger partial charge < -0.3 is 19.5 Å². The number of esters is 2. The Morgan fingerprint density at radius 1 is 1.03 bits per heavy atom. The highest BCUT2D eigenvalue weighted by atomic mass is 16.5. The number of ether oxygens (including phenoxy) is 3. The van der Waals surface area contributed by atoms with E-state index in [1.165, 1.54) is 19.1 Å². The van der Waals surface area contributed by atoms with E-state index >= 15 is 0 Å². The predicted octanol–water partition coefficient (Wildman–Crippen LogP) is 2.23. The fraction of sp³-hybridized carbons (Fsp3) is 0.292. The van der Waals surface area contributed by atoms with Gasteiger partial charge in [-0.1, -0.05) is 30.3 Å². The second-order valence-electron chi connectivity index (χ2n) is 6.97. The third-order valence-electron chi connectivity index (χ3n) is 5.06. The van der Waals surface area contributed by atoms with E-state index in [0.717, 1.165) is 5.56 Å². The van der Waals surface area contributed by atoms with E-state index in [-0.39, 0.29) is 17.9 Å². The first kappa shape index (κ1) is 22.9. The molecule has 8 nitrogen and oxygen atoms in total. The zero-order chi connectivity index (χ0) is 23.1. The number of hydrogen-bond acceptors (Lipinski definition) is 7. The van der Waals surface area contributed by atoms with Gasteiger partial charge in [0.05, 0.1) is 20.8 Å². The lowest BCUT2D eigenvalue weighted by molar-refractivity contribution is -0.146. The molecular formula is C24H26N2O6. The molecule has 0 spiro atoms. The molecule has 1 aliphatic rings. The predicted molar refractivity (Wildman–Crippen MR) is 118 cm³/mol. The monoisotopic (exact) mass is 438 g/mol. The highest BCUT2D eigenvalue weighted by molar-refractivity contribution is 6.20. The van der Waals surface area contributed by atoms with Crippen molar-refractivity contribution in [3.63, 3.8) is 0 Å². The number of anilines is 1. The quantitative estimate of drug-likeness (QED) is 0.600. The Hall–Kier alpha value is -3.81. The zero-order valence-corrected chi connectivity index (χ0v) is 18.3. The molecule has 8 heteroatoms. The number of amides is 1. The standard InChI is InChI=1S/C24H26N2O6/c1-4-32-24(29)21-19(23(28)31-3)20(25-15-14-16-8-6-5-7-9-16)22(27)26(21)17-10-12-18(30-2)13-11-17/h5-13,21,25H,4,14-15H2,1-3H3. The van der Waals surface area contributed by atoms with Crippen LogP contribution in [0, 0.1) is 0 Å². The molecule has 0 bridgehead atoms. The molecule has 0 aliphatic carbocycles. The molecule has 1 aliphatic heterocycles. The van der Waals surface area contributed by atoms with Gasteiger partial charge in [0.15, 0.2) is 6.04 Å². The van der Waals surface area contributed by atoms with Crippen LogP contribution >= 0.6 is 0 Å². The van der Waals surface area contributed by atoms with E-state index in [0.29, 0.717) is 24.4 Å². The average molecular weight is 438 g/mol. The van der Waals surface area contributed by atoms with E-state index in [1.807, 2.05) is 30.3 Å². The molecule has 3 rings (SSSR count). The summed E-state index contributed by atoms with van der Waals surface area (Å²) in [6.07, 6.45) is 0.624. The van der Waals surface area contributed by atoms with Gasteiger partial charge in [0.2, 0.25) is 0 Å². The van der Waals surface area contributed by atoms with Crippen molar-refractivity contribution in [2.75, 3.05) is 32.3 Å². The van der Waals surface area contributed by atoms with Crippen LogP contribution in [0.15, 0.2) is 65.9 Å². The molecule has 1 N–H and O–H groups in total. The van der Waals surface area contributed by atoms with Crippen LogP contribution in [-0.4, -0.2) is 51.3 Å². The summed E-state index contributed by atoms with van der Waals surface area (Å²) in [5.74, 6) is -1.40. The Bertz CT molecular complexity index is 1000. The number of nitrogens with zero attached hydrogens (tertiary/aromatic N) is 1. The molecule has 2 aromatic carbocycles. The molecule has 168 valence electrons. The molecule has 0 radical (unpaired) electrons. The highest BCUT2D eigenvalue weighted by Gasteiger charge is 2.48. The third-order valence-corrected chi connectivity index (χ3v) is 5.06. The van der Waals surface area contributed by atoms with Gasteiger partial charge in [-0.2, -0.15) is 0 Å². The van der Waals surface area contributed by atoms with Crippen LogP contribution < -0.4 is 15.0 Å². The summed E-state index contributed by atoms with van der Waals surface area (Å²) in [6, 6.07) is 15.1. The fourth-order valence-electron chi connectivity index (χ4n) is 3.54. The summed E-state index contributed by atoms with van der Waals surface area (Å²) in [6.45, 7) is 2.15. The van der Waals surface area contributed by atoms with Gasteiger partial charge in [0.25, 0.3) is 5.91 Å². The van der Waals surface area contributed by atoms with Crippen LogP contribution in [0.4, 0.5) is 5.69 Å². The minimum atomic E-state index is -1.26. The number of nitrogens with one attached hydrogen (secondary N) is 1. The van der Waals surface area contributed by atoms with Crippen molar-refractivity contribution >= 4 is 23.5 Å². The third kappa shape index (κ3) is 4.74. The van der Waals surface area contributed by atoms with Crippen LogP contribution in [0.5, 0.6) is 5.75 Å². The molecule has 0 saturated heterocycles. The summed E-state index contributed by atoms with van der Waals surface area (Å²) in [4.78, 5) is 40.2. The van der Waals surface area contributed by atoms with Gasteiger partial charge >= 0.3 is 11.9 Å². The van der Waals surface area contributed by atoms with Gasteiger partial charge in [-0.05, 0) is 43.2 Å². The highest BCUT2D eigenvalue weighted by Crippen LogP contribution is 2.33. The Labute approximate surface area is 186 Å². The van der Waals surface area contributed by atoms with Gasteiger partial charge in [-0.3, -0.25) is 9.69 Å².